The third-order valence-electron chi connectivity index (χ3n) is 6.17. The van der Waals surface area contributed by atoms with Crippen LogP contribution in [0.5, 0.6) is 0 Å². The van der Waals surface area contributed by atoms with E-state index in [2.05, 4.69) is 12.8 Å². The lowest BCUT2D eigenvalue weighted by molar-refractivity contribution is -0.122. The smallest absolute Gasteiger partial charge is 0.338 e. The van der Waals surface area contributed by atoms with E-state index in [9.17, 15) is 9.59 Å². The van der Waals surface area contributed by atoms with Gasteiger partial charge in [0.25, 0.3) is 0 Å². The maximum atomic E-state index is 12.4. The van der Waals surface area contributed by atoms with E-state index in [0.29, 0.717) is 17.9 Å². The molecule has 0 aliphatic heterocycles. The summed E-state index contributed by atoms with van der Waals surface area (Å²) in [4.78, 5) is 24.1. The van der Waals surface area contributed by atoms with Gasteiger partial charge in [-0.1, -0.05) is 64.5 Å². The molecule has 1 unspecified atom stereocenters. The van der Waals surface area contributed by atoms with Crippen molar-refractivity contribution in [3.63, 3.8) is 0 Å². The number of ether oxygens (including phenoxy) is 1. The second-order valence-corrected chi connectivity index (χ2v) is 8.38. The standard InChI is InChI=1S/C26H36O3/c1-4-7-8-9-11-20-12-14-21(15-13-20)22-16-18-23(19-17-22)26(28)29-25(10-5-2)24(27)6-3/h3,16-21,25H,4-5,7-15H2,1-2H3. The van der Waals surface area contributed by atoms with Crippen molar-refractivity contribution in [1.82, 2.24) is 0 Å². The monoisotopic (exact) mass is 396 g/mol. The van der Waals surface area contributed by atoms with Crippen LogP contribution >= 0.6 is 0 Å². The van der Waals surface area contributed by atoms with Gasteiger partial charge in [-0.2, -0.15) is 0 Å². The number of carbonyl (C=O) groups excluding carboxylic acids is 2. The van der Waals surface area contributed by atoms with Crippen LogP contribution in [0.3, 0.4) is 0 Å². The Hall–Kier alpha value is -2.08. The molecule has 1 saturated carbocycles. The van der Waals surface area contributed by atoms with Crippen molar-refractivity contribution in [3.8, 4) is 12.3 Å². The molecule has 158 valence electrons. The molecule has 29 heavy (non-hydrogen) atoms. The van der Waals surface area contributed by atoms with Crippen molar-refractivity contribution >= 4 is 11.8 Å². The number of carbonyl (C=O) groups is 2. The van der Waals surface area contributed by atoms with Gasteiger partial charge in [-0.3, -0.25) is 4.79 Å². The summed E-state index contributed by atoms with van der Waals surface area (Å²) in [6, 6.07) is 7.72. The van der Waals surface area contributed by atoms with Crippen LogP contribution in [0.25, 0.3) is 0 Å². The molecular formula is C26H36O3. The fraction of sp³-hybridized carbons (Fsp3) is 0.615. The zero-order valence-electron chi connectivity index (χ0n) is 18.1. The van der Waals surface area contributed by atoms with Crippen LogP contribution in [0.1, 0.15) is 106 Å². The van der Waals surface area contributed by atoms with Gasteiger partial charge in [0, 0.05) is 0 Å². The summed E-state index contributed by atoms with van der Waals surface area (Å²) >= 11 is 0. The largest absolute Gasteiger partial charge is 0.450 e. The molecule has 1 aliphatic rings. The number of hydrogen-bond donors (Lipinski definition) is 0. The van der Waals surface area contributed by atoms with Gasteiger partial charge in [0.05, 0.1) is 5.56 Å². The summed E-state index contributed by atoms with van der Waals surface area (Å²) in [6.45, 7) is 4.19. The molecule has 1 fully saturated rings. The van der Waals surface area contributed by atoms with E-state index in [0.717, 1.165) is 12.3 Å². The van der Waals surface area contributed by atoms with Gasteiger partial charge in [0.2, 0.25) is 5.78 Å². The number of rotatable bonds is 11. The average molecular weight is 397 g/mol. The lowest BCUT2D eigenvalue weighted by atomic mass is 9.77. The summed E-state index contributed by atoms with van der Waals surface area (Å²) in [5, 5.41) is 0. The molecule has 0 saturated heterocycles. The van der Waals surface area contributed by atoms with Gasteiger partial charge >= 0.3 is 5.97 Å². The quantitative estimate of drug-likeness (QED) is 0.187. The minimum Gasteiger partial charge on any atom is -0.450 e. The van der Waals surface area contributed by atoms with Crippen molar-refractivity contribution in [2.45, 2.75) is 96.5 Å². The third kappa shape index (κ3) is 7.35. The first kappa shape index (κ1) is 23.2. The third-order valence-corrected chi connectivity index (χ3v) is 6.17. The summed E-state index contributed by atoms with van der Waals surface area (Å²) in [6.07, 6.45) is 17.4. The Kier molecular flexibility index (Phi) is 9.98. The topological polar surface area (TPSA) is 43.4 Å². The first-order valence-electron chi connectivity index (χ1n) is 11.4. The van der Waals surface area contributed by atoms with Gasteiger partial charge in [-0.25, -0.2) is 4.79 Å². The highest BCUT2D eigenvalue weighted by Crippen LogP contribution is 2.37. The first-order chi connectivity index (χ1) is 14.1. The number of terminal acetylenes is 1. The first-order valence-corrected chi connectivity index (χ1v) is 11.4. The van der Waals surface area contributed by atoms with Gasteiger partial charge < -0.3 is 4.74 Å². The lowest BCUT2D eigenvalue weighted by Crippen LogP contribution is -2.26. The zero-order valence-corrected chi connectivity index (χ0v) is 18.1. The summed E-state index contributed by atoms with van der Waals surface area (Å²) in [7, 11) is 0. The second-order valence-electron chi connectivity index (χ2n) is 8.38. The van der Waals surface area contributed by atoms with E-state index >= 15 is 0 Å². The Morgan fingerprint density at radius 2 is 1.72 bits per heavy atom. The van der Waals surface area contributed by atoms with Gasteiger partial charge in [0.1, 0.15) is 0 Å². The summed E-state index contributed by atoms with van der Waals surface area (Å²) in [5.74, 6) is 2.59. The van der Waals surface area contributed by atoms with E-state index in [1.165, 1.54) is 63.4 Å². The maximum absolute atomic E-state index is 12.4. The summed E-state index contributed by atoms with van der Waals surface area (Å²) in [5.41, 5.74) is 1.78. The number of hydrogen-bond acceptors (Lipinski definition) is 3. The Morgan fingerprint density at radius 3 is 2.31 bits per heavy atom. The minimum absolute atomic E-state index is 0.453. The Morgan fingerprint density at radius 1 is 1.03 bits per heavy atom. The van der Waals surface area contributed by atoms with E-state index in [-0.39, 0.29) is 0 Å². The molecule has 1 atom stereocenters. The molecule has 2 rings (SSSR count). The van der Waals surface area contributed by atoms with Crippen molar-refractivity contribution in [3.05, 3.63) is 35.4 Å². The molecule has 3 heteroatoms. The fourth-order valence-electron chi connectivity index (χ4n) is 4.33. The van der Waals surface area contributed by atoms with E-state index in [1.807, 2.05) is 31.2 Å². The Labute approximate surface area is 176 Å². The molecule has 0 bridgehead atoms. The van der Waals surface area contributed by atoms with Crippen LogP contribution in [0.15, 0.2) is 24.3 Å². The molecule has 1 aliphatic carbocycles. The van der Waals surface area contributed by atoms with Crippen molar-refractivity contribution in [2.75, 3.05) is 0 Å². The van der Waals surface area contributed by atoms with E-state index in [4.69, 9.17) is 11.2 Å². The number of esters is 1. The van der Waals surface area contributed by atoms with Gasteiger partial charge in [-0.05, 0) is 67.6 Å². The predicted molar refractivity (Wildman–Crippen MR) is 118 cm³/mol. The Balaban J connectivity index is 1.85. The Bertz CT molecular complexity index is 675. The molecule has 0 N–H and O–H groups in total. The predicted octanol–water partition coefficient (Wildman–Crippen LogP) is 6.46. The van der Waals surface area contributed by atoms with Gasteiger partial charge in [0.15, 0.2) is 6.10 Å². The second kappa shape index (κ2) is 12.5. The van der Waals surface area contributed by atoms with Crippen LogP contribution < -0.4 is 0 Å². The van der Waals surface area contributed by atoms with Crippen LogP contribution in [0.4, 0.5) is 0 Å². The number of benzene rings is 1. The van der Waals surface area contributed by atoms with E-state index < -0.39 is 17.9 Å². The minimum atomic E-state index is -0.843. The SMILES string of the molecule is C#CC(=O)C(CCC)OC(=O)c1ccc(C2CCC(CCCCCC)CC2)cc1. The molecule has 1 aromatic rings. The fourth-order valence-corrected chi connectivity index (χ4v) is 4.33. The molecule has 0 aromatic heterocycles. The molecular weight excluding hydrogens is 360 g/mol. The maximum Gasteiger partial charge on any atom is 0.338 e. The number of Topliss-reactive ketones (excluding diaryl/α,β-unsaturated/α-hetero) is 1. The van der Waals surface area contributed by atoms with Crippen LogP contribution in [-0.4, -0.2) is 17.9 Å². The van der Waals surface area contributed by atoms with Crippen LogP contribution in [-0.2, 0) is 9.53 Å². The lowest BCUT2D eigenvalue weighted by Gasteiger charge is -2.29. The van der Waals surface area contributed by atoms with Crippen LogP contribution in [0, 0.1) is 18.3 Å². The number of unbranched alkanes of at least 4 members (excludes halogenated alkanes) is 3. The van der Waals surface area contributed by atoms with Crippen molar-refractivity contribution in [2.24, 2.45) is 5.92 Å². The van der Waals surface area contributed by atoms with E-state index in [1.54, 1.807) is 0 Å². The molecule has 3 nitrogen and oxygen atoms in total. The number of ketones is 1. The van der Waals surface area contributed by atoms with Crippen LogP contribution in [0.2, 0.25) is 0 Å². The summed E-state index contributed by atoms with van der Waals surface area (Å²) < 4.78 is 5.35. The molecule has 0 spiro atoms. The zero-order chi connectivity index (χ0) is 21.1. The molecule has 0 amide bonds. The molecule has 1 aromatic carbocycles. The highest BCUT2D eigenvalue weighted by Gasteiger charge is 2.24. The average Bonchev–Trinajstić information content (AvgIpc) is 2.76. The van der Waals surface area contributed by atoms with Gasteiger partial charge in [-0.15, -0.1) is 6.42 Å². The molecule has 0 radical (unpaired) electrons. The highest BCUT2D eigenvalue weighted by molar-refractivity contribution is 6.00. The van der Waals surface area contributed by atoms with Crippen molar-refractivity contribution in [1.29, 1.82) is 0 Å². The molecule has 0 heterocycles. The normalized spacial score (nSPS) is 19.9. The highest BCUT2D eigenvalue weighted by atomic mass is 16.5. The van der Waals surface area contributed by atoms with Crippen molar-refractivity contribution < 1.29 is 14.3 Å².